The summed E-state index contributed by atoms with van der Waals surface area (Å²) in [7, 11) is 3.10. The Hall–Kier alpha value is -2.24. The van der Waals surface area contributed by atoms with Crippen LogP contribution in [0.4, 0.5) is 5.69 Å². The minimum Gasteiger partial charge on any atom is -0.497 e. The Bertz CT molecular complexity index is 640. The lowest BCUT2D eigenvalue weighted by molar-refractivity contribution is 0.415. The fourth-order valence-corrected chi connectivity index (χ4v) is 1.87. The zero-order valence-corrected chi connectivity index (χ0v) is 13.6. The van der Waals surface area contributed by atoms with Crippen molar-refractivity contribution < 1.29 is 9.47 Å². The maximum absolute atomic E-state index is 5.71. The van der Waals surface area contributed by atoms with Crippen LogP contribution in [0.2, 0.25) is 0 Å². The molecular weight excluding hydrogens is 296 g/mol. The number of nitrogens with two attached hydrogens (primary N) is 1. The SMILES string of the molecule is C=Nc1cc(OC)ccc1C(=C)Oc1ccc(S)cc1.CN. The third-order valence-electron chi connectivity index (χ3n) is 2.75. The third-order valence-corrected chi connectivity index (χ3v) is 3.05. The van der Waals surface area contributed by atoms with Crippen LogP contribution in [-0.4, -0.2) is 20.9 Å². The lowest BCUT2D eigenvalue weighted by Crippen LogP contribution is -1.94. The highest BCUT2D eigenvalue weighted by molar-refractivity contribution is 7.80. The Balaban J connectivity index is 0.00000116. The molecule has 2 aromatic carbocycles. The van der Waals surface area contributed by atoms with Crippen molar-refractivity contribution in [2.24, 2.45) is 10.7 Å². The van der Waals surface area contributed by atoms with E-state index in [1.807, 2.05) is 36.4 Å². The molecule has 0 fully saturated rings. The number of benzene rings is 2. The molecule has 22 heavy (non-hydrogen) atoms. The summed E-state index contributed by atoms with van der Waals surface area (Å²) in [5.74, 6) is 1.91. The number of hydrogen-bond donors (Lipinski definition) is 2. The highest BCUT2D eigenvalue weighted by Crippen LogP contribution is 2.31. The van der Waals surface area contributed by atoms with Gasteiger partial charge in [-0.05, 0) is 50.2 Å². The van der Waals surface area contributed by atoms with Gasteiger partial charge in [-0.15, -0.1) is 12.6 Å². The Kier molecular flexibility index (Phi) is 7.22. The summed E-state index contributed by atoms with van der Waals surface area (Å²) >= 11 is 4.23. The molecule has 0 saturated carbocycles. The van der Waals surface area contributed by atoms with E-state index in [2.05, 4.69) is 36.7 Å². The molecule has 0 spiro atoms. The summed E-state index contributed by atoms with van der Waals surface area (Å²) in [5, 5.41) is 0. The molecule has 0 atom stereocenters. The Labute approximate surface area is 136 Å². The summed E-state index contributed by atoms with van der Waals surface area (Å²) in [4.78, 5) is 4.85. The highest BCUT2D eigenvalue weighted by atomic mass is 32.1. The molecule has 0 bridgehead atoms. The van der Waals surface area contributed by atoms with E-state index in [9.17, 15) is 0 Å². The zero-order chi connectivity index (χ0) is 16.5. The summed E-state index contributed by atoms with van der Waals surface area (Å²) in [6.07, 6.45) is 0. The van der Waals surface area contributed by atoms with Gasteiger partial charge < -0.3 is 15.2 Å². The van der Waals surface area contributed by atoms with Crippen molar-refractivity contribution in [3.05, 3.63) is 54.6 Å². The molecule has 2 rings (SSSR count). The molecule has 0 radical (unpaired) electrons. The van der Waals surface area contributed by atoms with E-state index in [0.717, 1.165) is 10.5 Å². The number of aliphatic imine (C=N–C) groups is 1. The van der Waals surface area contributed by atoms with Crippen molar-refractivity contribution in [3.8, 4) is 11.5 Å². The quantitative estimate of drug-likeness (QED) is 0.499. The Morgan fingerprint density at radius 3 is 2.23 bits per heavy atom. The average Bonchev–Trinajstić information content (AvgIpc) is 2.58. The van der Waals surface area contributed by atoms with Gasteiger partial charge in [0.2, 0.25) is 0 Å². The van der Waals surface area contributed by atoms with Crippen molar-refractivity contribution >= 4 is 30.8 Å². The van der Waals surface area contributed by atoms with Crippen molar-refractivity contribution in [3.63, 3.8) is 0 Å². The third kappa shape index (κ3) is 4.65. The smallest absolute Gasteiger partial charge is 0.129 e. The van der Waals surface area contributed by atoms with Gasteiger partial charge in [-0.2, -0.15) is 0 Å². The van der Waals surface area contributed by atoms with E-state index in [4.69, 9.17) is 9.47 Å². The molecule has 2 aromatic rings. The predicted octanol–water partition coefficient (Wildman–Crippen LogP) is 3.94. The first-order valence-electron chi connectivity index (χ1n) is 6.52. The van der Waals surface area contributed by atoms with E-state index in [-0.39, 0.29) is 0 Å². The van der Waals surface area contributed by atoms with E-state index in [1.54, 1.807) is 13.2 Å². The second kappa shape index (κ2) is 8.92. The second-order valence-corrected chi connectivity index (χ2v) is 4.58. The number of thiol groups is 1. The molecule has 0 heterocycles. The Morgan fingerprint density at radius 2 is 1.68 bits per heavy atom. The van der Waals surface area contributed by atoms with Crippen molar-refractivity contribution in [2.75, 3.05) is 14.2 Å². The van der Waals surface area contributed by atoms with Gasteiger partial charge in [-0.1, -0.05) is 6.58 Å². The molecular formula is C17H20N2O2S. The van der Waals surface area contributed by atoms with Crippen LogP contribution in [0.1, 0.15) is 5.56 Å². The molecule has 0 unspecified atom stereocenters. The van der Waals surface area contributed by atoms with Crippen LogP contribution < -0.4 is 15.2 Å². The van der Waals surface area contributed by atoms with Gasteiger partial charge >= 0.3 is 0 Å². The summed E-state index contributed by atoms with van der Waals surface area (Å²) in [6, 6.07) is 12.8. The molecule has 0 aromatic heterocycles. The Morgan fingerprint density at radius 1 is 1.09 bits per heavy atom. The first kappa shape index (κ1) is 17.8. The number of ether oxygens (including phenoxy) is 2. The molecule has 4 nitrogen and oxygen atoms in total. The average molecular weight is 316 g/mol. The fraction of sp³-hybridized carbons (Fsp3) is 0.118. The molecule has 0 aliphatic carbocycles. The van der Waals surface area contributed by atoms with E-state index < -0.39 is 0 Å². The summed E-state index contributed by atoms with van der Waals surface area (Å²) < 4.78 is 10.9. The lowest BCUT2D eigenvalue weighted by Gasteiger charge is -2.12. The van der Waals surface area contributed by atoms with E-state index in [0.29, 0.717) is 22.9 Å². The van der Waals surface area contributed by atoms with Crippen molar-refractivity contribution in [2.45, 2.75) is 4.90 Å². The minimum atomic E-state index is 0.502. The summed E-state index contributed by atoms with van der Waals surface area (Å²) in [5.41, 5.74) is 5.94. The van der Waals surface area contributed by atoms with Gasteiger partial charge in [0.1, 0.15) is 17.3 Å². The van der Waals surface area contributed by atoms with Crippen LogP contribution in [0.25, 0.3) is 5.76 Å². The number of hydrogen-bond acceptors (Lipinski definition) is 5. The first-order valence-corrected chi connectivity index (χ1v) is 6.97. The molecule has 0 saturated heterocycles. The maximum atomic E-state index is 5.71. The maximum Gasteiger partial charge on any atom is 0.129 e. The van der Waals surface area contributed by atoms with Gasteiger partial charge in [0.05, 0.1) is 12.8 Å². The molecule has 0 aliphatic rings. The fourth-order valence-electron chi connectivity index (χ4n) is 1.72. The standard InChI is InChI=1S/C16H15NO2S.CH5N/c1-11(19-12-4-7-14(20)8-5-12)15-9-6-13(18-3)10-16(15)17-2;1-2/h4-10,20H,1-2H2,3H3;2H2,1H3. The molecule has 2 N–H and O–H groups in total. The van der Waals surface area contributed by atoms with Crippen LogP contribution >= 0.6 is 12.6 Å². The van der Waals surface area contributed by atoms with Gasteiger partial charge in [0.25, 0.3) is 0 Å². The molecule has 0 aliphatic heterocycles. The monoisotopic (exact) mass is 316 g/mol. The number of rotatable bonds is 5. The van der Waals surface area contributed by atoms with Gasteiger partial charge in [0, 0.05) is 16.5 Å². The molecule has 0 amide bonds. The highest BCUT2D eigenvalue weighted by Gasteiger charge is 2.09. The largest absolute Gasteiger partial charge is 0.497 e. The first-order chi connectivity index (χ1) is 10.6. The van der Waals surface area contributed by atoms with Crippen LogP contribution in [0.5, 0.6) is 11.5 Å². The molecule has 116 valence electrons. The van der Waals surface area contributed by atoms with E-state index in [1.165, 1.54) is 7.05 Å². The lowest BCUT2D eigenvalue weighted by atomic mass is 10.1. The van der Waals surface area contributed by atoms with Gasteiger partial charge in [-0.25, -0.2) is 0 Å². The number of nitrogens with zero attached hydrogens (tertiary/aromatic N) is 1. The van der Waals surface area contributed by atoms with Crippen molar-refractivity contribution in [1.82, 2.24) is 0 Å². The van der Waals surface area contributed by atoms with E-state index >= 15 is 0 Å². The van der Waals surface area contributed by atoms with Crippen LogP contribution in [0.15, 0.2) is 58.9 Å². The molecule has 5 heteroatoms. The normalized spacial score (nSPS) is 9.27. The van der Waals surface area contributed by atoms with Crippen LogP contribution in [-0.2, 0) is 0 Å². The van der Waals surface area contributed by atoms with Crippen molar-refractivity contribution in [1.29, 1.82) is 0 Å². The zero-order valence-electron chi connectivity index (χ0n) is 12.7. The predicted molar refractivity (Wildman–Crippen MR) is 95.7 cm³/mol. The summed E-state index contributed by atoms with van der Waals surface area (Å²) in [6.45, 7) is 7.49. The topological polar surface area (TPSA) is 56.8 Å². The van der Waals surface area contributed by atoms with Crippen LogP contribution in [0, 0.1) is 0 Å². The minimum absolute atomic E-state index is 0.502. The van der Waals surface area contributed by atoms with Crippen LogP contribution in [0.3, 0.4) is 0 Å². The van der Waals surface area contributed by atoms with Gasteiger partial charge in [0.15, 0.2) is 0 Å². The second-order valence-electron chi connectivity index (χ2n) is 4.06. The van der Waals surface area contributed by atoms with Gasteiger partial charge in [-0.3, -0.25) is 4.99 Å². The number of methoxy groups -OCH3 is 1.